The zero-order valence-electron chi connectivity index (χ0n) is 13.3. The minimum Gasteiger partial charge on any atom is -0.330 e. The zero-order valence-corrected chi connectivity index (χ0v) is 15.8. The van der Waals surface area contributed by atoms with E-state index in [-0.39, 0.29) is 6.04 Å². The van der Waals surface area contributed by atoms with Gasteiger partial charge < -0.3 is 4.90 Å². The predicted molar refractivity (Wildman–Crippen MR) is 103 cm³/mol. The molecule has 1 aliphatic rings. The molecular formula is C19H19NOS3. The van der Waals surface area contributed by atoms with Crippen molar-refractivity contribution in [1.82, 2.24) is 4.90 Å². The lowest BCUT2D eigenvalue weighted by atomic mass is 9.97. The highest BCUT2D eigenvalue weighted by Crippen LogP contribution is 2.39. The molecule has 0 radical (unpaired) electrons. The van der Waals surface area contributed by atoms with Crippen LogP contribution in [-0.2, 0) is 17.6 Å². The molecule has 1 amide bonds. The number of hydrogen-bond donors (Lipinski definition) is 0. The van der Waals surface area contributed by atoms with E-state index in [0.29, 0.717) is 12.3 Å². The van der Waals surface area contributed by atoms with E-state index in [2.05, 4.69) is 51.4 Å². The molecule has 24 heavy (non-hydrogen) atoms. The number of thiophene rings is 3. The highest BCUT2D eigenvalue weighted by molar-refractivity contribution is 7.10. The van der Waals surface area contributed by atoms with Crippen LogP contribution in [0.25, 0.3) is 0 Å². The second-order valence-corrected chi connectivity index (χ2v) is 9.00. The van der Waals surface area contributed by atoms with Crippen molar-refractivity contribution in [2.24, 2.45) is 0 Å². The van der Waals surface area contributed by atoms with Crippen LogP contribution < -0.4 is 0 Å². The molecule has 0 aliphatic carbocycles. The largest absolute Gasteiger partial charge is 0.330 e. The van der Waals surface area contributed by atoms with Crippen LogP contribution in [0.5, 0.6) is 0 Å². The Morgan fingerprint density at radius 3 is 2.75 bits per heavy atom. The van der Waals surface area contributed by atoms with Crippen molar-refractivity contribution in [3.8, 4) is 0 Å². The lowest BCUT2D eigenvalue weighted by Crippen LogP contribution is -2.39. The quantitative estimate of drug-likeness (QED) is 0.589. The first kappa shape index (κ1) is 16.1. The summed E-state index contributed by atoms with van der Waals surface area (Å²) in [5, 5.41) is 6.37. The number of aryl methyl sites for hydroxylation is 1. The van der Waals surface area contributed by atoms with Crippen LogP contribution in [0.2, 0.25) is 0 Å². The molecule has 0 fully saturated rings. The second kappa shape index (κ2) is 7.21. The molecule has 0 saturated heterocycles. The Balaban J connectivity index is 1.49. The molecule has 0 aromatic carbocycles. The van der Waals surface area contributed by atoms with Crippen molar-refractivity contribution >= 4 is 39.9 Å². The van der Waals surface area contributed by atoms with E-state index in [9.17, 15) is 4.79 Å². The fourth-order valence-corrected chi connectivity index (χ4v) is 5.86. The zero-order chi connectivity index (χ0) is 16.4. The molecular weight excluding hydrogens is 354 g/mol. The number of fused-ring (bicyclic) bond motifs is 1. The van der Waals surface area contributed by atoms with Crippen molar-refractivity contribution in [3.05, 3.63) is 66.7 Å². The lowest BCUT2D eigenvalue weighted by Gasteiger charge is -2.35. The first-order valence-corrected chi connectivity index (χ1v) is 10.9. The van der Waals surface area contributed by atoms with Crippen LogP contribution in [0.1, 0.15) is 39.1 Å². The molecule has 0 N–H and O–H groups in total. The fourth-order valence-electron chi connectivity index (χ4n) is 3.35. The highest BCUT2D eigenvalue weighted by atomic mass is 32.1. The Morgan fingerprint density at radius 1 is 1.08 bits per heavy atom. The van der Waals surface area contributed by atoms with Gasteiger partial charge in [-0.2, -0.15) is 0 Å². The summed E-state index contributed by atoms with van der Waals surface area (Å²) in [4.78, 5) is 19.1. The molecule has 2 nitrogen and oxygen atoms in total. The van der Waals surface area contributed by atoms with Gasteiger partial charge in [0.2, 0.25) is 5.91 Å². The van der Waals surface area contributed by atoms with Crippen molar-refractivity contribution in [3.63, 3.8) is 0 Å². The van der Waals surface area contributed by atoms with Crippen LogP contribution in [0.4, 0.5) is 0 Å². The number of carbonyl (C=O) groups is 1. The standard InChI is InChI=1S/C19H19NOS3/c21-18(7-1-4-14-5-2-11-22-14)20-10-8-16-15(9-13-24-16)19(20)17-6-3-12-23-17/h2-3,5-6,9,11-13,19H,1,4,7-8,10H2/t19-/m0/s1. The van der Waals surface area contributed by atoms with E-state index in [1.165, 1.54) is 20.2 Å². The second-order valence-electron chi connectivity index (χ2n) is 5.99. The number of nitrogens with zero attached hydrogens (tertiary/aromatic N) is 1. The smallest absolute Gasteiger partial charge is 0.223 e. The number of amides is 1. The minimum absolute atomic E-state index is 0.120. The van der Waals surface area contributed by atoms with Crippen LogP contribution in [0.15, 0.2) is 46.5 Å². The van der Waals surface area contributed by atoms with E-state index in [1.807, 2.05) is 11.3 Å². The van der Waals surface area contributed by atoms with Gasteiger partial charge in [0.25, 0.3) is 0 Å². The summed E-state index contributed by atoms with van der Waals surface area (Å²) < 4.78 is 0. The van der Waals surface area contributed by atoms with Gasteiger partial charge in [-0.3, -0.25) is 4.79 Å². The molecule has 0 bridgehead atoms. The van der Waals surface area contributed by atoms with Gasteiger partial charge in [-0.25, -0.2) is 0 Å². The first-order valence-electron chi connectivity index (χ1n) is 8.24. The summed E-state index contributed by atoms with van der Waals surface area (Å²) in [5.41, 5.74) is 1.33. The van der Waals surface area contributed by atoms with E-state index >= 15 is 0 Å². The summed E-state index contributed by atoms with van der Waals surface area (Å²) in [6, 6.07) is 10.8. The maximum Gasteiger partial charge on any atom is 0.223 e. The molecule has 1 aliphatic heterocycles. The van der Waals surface area contributed by atoms with Crippen LogP contribution in [0, 0.1) is 0 Å². The number of hydrogen-bond acceptors (Lipinski definition) is 4. The molecule has 5 heteroatoms. The Morgan fingerprint density at radius 2 is 1.96 bits per heavy atom. The van der Waals surface area contributed by atoms with E-state index in [0.717, 1.165) is 25.8 Å². The molecule has 124 valence electrons. The summed E-state index contributed by atoms with van der Waals surface area (Å²) in [6.45, 7) is 0.841. The Hall–Kier alpha value is -1.43. The third-order valence-corrected chi connectivity index (χ3v) is 7.35. The van der Waals surface area contributed by atoms with Crippen molar-refractivity contribution in [1.29, 1.82) is 0 Å². The molecule has 4 heterocycles. The van der Waals surface area contributed by atoms with Crippen molar-refractivity contribution < 1.29 is 4.79 Å². The molecule has 1 atom stereocenters. The topological polar surface area (TPSA) is 20.3 Å². The van der Waals surface area contributed by atoms with Crippen molar-refractivity contribution in [2.75, 3.05) is 6.54 Å². The van der Waals surface area contributed by atoms with Crippen LogP contribution in [-0.4, -0.2) is 17.4 Å². The monoisotopic (exact) mass is 373 g/mol. The van der Waals surface area contributed by atoms with E-state index in [1.54, 1.807) is 22.7 Å². The van der Waals surface area contributed by atoms with E-state index in [4.69, 9.17) is 0 Å². The van der Waals surface area contributed by atoms with Gasteiger partial charge in [0.15, 0.2) is 0 Å². The SMILES string of the molecule is O=C(CCCc1cccs1)N1CCc2sccc2[C@H]1c1cccs1. The first-order chi connectivity index (χ1) is 11.8. The molecule has 0 spiro atoms. The Bertz CT molecular complexity index is 789. The third kappa shape index (κ3) is 3.21. The van der Waals surface area contributed by atoms with Gasteiger partial charge >= 0.3 is 0 Å². The molecule has 0 unspecified atom stereocenters. The Labute approximate surface area is 154 Å². The summed E-state index contributed by atoms with van der Waals surface area (Å²) in [5.74, 6) is 0.293. The van der Waals surface area contributed by atoms with Gasteiger partial charge in [0.1, 0.15) is 0 Å². The average molecular weight is 374 g/mol. The minimum atomic E-state index is 0.120. The Kier molecular flexibility index (Phi) is 4.83. The molecule has 0 saturated carbocycles. The van der Waals surface area contributed by atoms with Gasteiger partial charge in [-0.15, -0.1) is 34.0 Å². The average Bonchev–Trinajstić information content (AvgIpc) is 3.34. The summed E-state index contributed by atoms with van der Waals surface area (Å²) in [7, 11) is 0. The van der Waals surface area contributed by atoms with E-state index < -0.39 is 0 Å². The molecule has 3 aromatic rings. The normalized spacial score (nSPS) is 17.0. The van der Waals surface area contributed by atoms with Gasteiger partial charge in [-0.1, -0.05) is 12.1 Å². The third-order valence-electron chi connectivity index (χ3n) is 4.49. The van der Waals surface area contributed by atoms with Gasteiger partial charge in [-0.05, 0) is 59.2 Å². The molecule has 3 aromatic heterocycles. The molecule has 4 rings (SSSR count). The lowest BCUT2D eigenvalue weighted by molar-refractivity contribution is -0.133. The maximum absolute atomic E-state index is 12.9. The van der Waals surface area contributed by atoms with Crippen LogP contribution >= 0.6 is 34.0 Å². The van der Waals surface area contributed by atoms with Crippen molar-refractivity contribution in [2.45, 2.75) is 31.7 Å². The summed E-state index contributed by atoms with van der Waals surface area (Å²) in [6.07, 6.45) is 3.57. The van der Waals surface area contributed by atoms with Gasteiger partial charge in [0, 0.05) is 27.6 Å². The van der Waals surface area contributed by atoms with Gasteiger partial charge in [0.05, 0.1) is 6.04 Å². The predicted octanol–water partition coefficient (Wildman–Crippen LogP) is 5.37. The highest BCUT2D eigenvalue weighted by Gasteiger charge is 2.32. The number of rotatable bonds is 5. The maximum atomic E-state index is 12.9. The fraction of sp³-hybridized carbons (Fsp3) is 0.316. The van der Waals surface area contributed by atoms with Crippen LogP contribution in [0.3, 0.4) is 0 Å². The summed E-state index contributed by atoms with van der Waals surface area (Å²) >= 11 is 5.35. The number of carbonyl (C=O) groups excluding carboxylic acids is 1.